The van der Waals surface area contributed by atoms with E-state index in [0.29, 0.717) is 34.3 Å². The summed E-state index contributed by atoms with van der Waals surface area (Å²) in [6, 6.07) is 7.40. The molecule has 1 aromatic heterocycles. The number of halogens is 1. The lowest BCUT2D eigenvalue weighted by molar-refractivity contribution is 0.141. The number of nitrogens with two attached hydrogens (primary N) is 1. The quantitative estimate of drug-likeness (QED) is 0.874. The van der Waals surface area contributed by atoms with Crippen molar-refractivity contribution in [3.63, 3.8) is 0 Å². The Morgan fingerprint density at radius 1 is 1.35 bits per heavy atom. The van der Waals surface area contributed by atoms with Gasteiger partial charge < -0.3 is 20.5 Å². The van der Waals surface area contributed by atoms with Crippen LogP contribution in [0.4, 0.5) is 11.8 Å². The van der Waals surface area contributed by atoms with Crippen LogP contribution in [0.25, 0.3) is 0 Å². The summed E-state index contributed by atoms with van der Waals surface area (Å²) in [7, 11) is 1.95. The fraction of sp³-hybridized carbons (Fsp3) is 0.375. The minimum absolute atomic E-state index is 0.202. The first-order valence-corrected chi connectivity index (χ1v) is 7.84. The molecular weight excluding hydrogens is 316 g/mol. The van der Waals surface area contributed by atoms with Gasteiger partial charge in [0.2, 0.25) is 5.95 Å². The average molecular weight is 335 g/mol. The van der Waals surface area contributed by atoms with Gasteiger partial charge in [-0.2, -0.15) is 4.98 Å². The molecule has 1 aliphatic carbocycles. The third-order valence-electron chi connectivity index (χ3n) is 4.15. The second-order valence-electron chi connectivity index (χ2n) is 5.76. The number of benzene rings is 1. The number of hydrogen-bond donors (Lipinski definition) is 2. The Morgan fingerprint density at radius 2 is 2.04 bits per heavy atom. The fourth-order valence-corrected chi connectivity index (χ4v) is 2.79. The minimum atomic E-state index is 0.202. The Balaban J connectivity index is 1.81. The van der Waals surface area contributed by atoms with Gasteiger partial charge in [-0.3, -0.25) is 0 Å². The summed E-state index contributed by atoms with van der Waals surface area (Å²) in [4.78, 5) is 10.4. The molecule has 122 valence electrons. The highest BCUT2D eigenvalue weighted by molar-refractivity contribution is 6.30. The summed E-state index contributed by atoms with van der Waals surface area (Å²) in [5.74, 6) is 2.40. The SMILES string of the molecule is CN(c1nc(N)ncc1Oc1ccc(Cl)cc1)C1CC(CO)C1. The molecule has 3 rings (SSSR count). The summed E-state index contributed by atoms with van der Waals surface area (Å²) in [6.07, 6.45) is 3.43. The van der Waals surface area contributed by atoms with Gasteiger partial charge in [-0.25, -0.2) is 4.98 Å². The molecule has 1 fully saturated rings. The smallest absolute Gasteiger partial charge is 0.222 e. The number of ether oxygens (including phenoxy) is 1. The molecule has 0 amide bonds. The highest BCUT2D eigenvalue weighted by atomic mass is 35.5. The molecule has 1 saturated carbocycles. The van der Waals surface area contributed by atoms with Gasteiger partial charge in [0.25, 0.3) is 0 Å². The van der Waals surface area contributed by atoms with E-state index >= 15 is 0 Å². The van der Waals surface area contributed by atoms with Crippen molar-refractivity contribution >= 4 is 23.4 Å². The maximum absolute atomic E-state index is 9.17. The number of aliphatic hydroxyl groups is 1. The molecule has 2 aromatic rings. The third kappa shape index (κ3) is 3.48. The van der Waals surface area contributed by atoms with Crippen molar-refractivity contribution in [2.75, 3.05) is 24.3 Å². The molecule has 1 aliphatic rings. The molecule has 0 radical (unpaired) electrons. The van der Waals surface area contributed by atoms with Gasteiger partial charge in [0.05, 0.1) is 6.20 Å². The van der Waals surface area contributed by atoms with Crippen LogP contribution in [-0.4, -0.2) is 34.8 Å². The first kappa shape index (κ1) is 15.8. The first-order chi connectivity index (χ1) is 11.1. The average Bonchev–Trinajstić information content (AvgIpc) is 2.50. The minimum Gasteiger partial charge on any atom is -0.452 e. The Morgan fingerprint density at radius 3 is 2.70 bits per heavy atom. The topological polar surface area (TPSA) is 84.5 Å². The summed E-state index contributed by atoms with van der Waals surface area (Å²) < 4.78 is 5.88. The monoisotopic (exact) mass is 334 g/mol. The van der Waals surface area contributed by atoms with Crippen LogP contribution < -0.4 is 15.4 Å². The number of nitrogen functional groups attached to an aromatic ring is 1. The number of nitrogens with zero attached hydrogens (tertiary/aromatic N) is 3. The fourth-order valence-electron chi connectivity index (χ4n) is 2.67. The number of aliphatic hydroxyl groups excluding tert-OH is 1. The molecule has 0 aliphatic heterocycles. The zero-order chi connectivity index (χ0) is 16.4. The number of rotatable bonds is 5. The lowest BCUT2D eigenvalue weighted by Gasteiger charge is -2.41. The molecular formula is C16H19ClN4O2. The van der Waals surface area contributed by atoms with Crippen LogP contribution in [0.15, 0.2) is 30.5 Å². The van der Waals surface area contributed by atoms with E-state index in [2.05, 4.69) is 9.97 Å². The summed E-state index contributed by atoms with van der Waals surface area (Å²) in [6.45, 7) is 0.227. The van der Waals surface area contributed by atoms with Crippen molar-refractivity contribution in [2.24, 2.45) is 5.92 Å². The van der Waals surface area contributed by atoms with Crippen LogP contribution >= 0.6 is 11.6 Å². The van der Waals surface area contributed by atoms with Crippen LogP contribution in [0.3, 0.4) is 0 Å². The lowest BCUT2D eigenvalue weighted by Crippen LogP contribution is -2.44. The van der Waals surface area contributed by atoms with E-state index in [9.17, 15) is 5.11 Å². The van der Waals surface area contributed by atoms with E-state index in [1.165, 1.54) is 0 Å². The normalized spacial score (nSPS) is 20.0. The second kappa shape index (κ2) is 6.60. The molecule has 7 heteroatoms. The van der Waals surface area contributed by atoms with Crippen molar-refractivity contribution < 1.29 is 9.84 Å². The molecule has 1 aromatic carbocycles. The molecule has 0 saturated heterocycles. The van der Waals surface area contributed by atoms with E-state index in [0.717, 1.165) is 12.8 Å². The van der Waals surface area contributed by atoms with Crippen molar-refractivity contribution in [1.29, 1.82) is 0 Å². The Labute approximate surface area is 139 Å². The molecule has 0 spiro atoms. The van der Waals surface area contributed by atoms with Gasteiger partial charge in [0.15, 0.2) is 11.6 Å². The number of anilines is 2. The third-order valence-corrected chi connectivity index (χ3v) is 4.40. The molecule has 23 heavy (non-hydrogen) atoms. The van der Waals surface area contributed by atoms with E-state index in [-0.39, 0.29) is 12.6 Å². The second-order valence-corrected chi connectivity index (χ2v) is 6.19. The van der Waals surface area contributed by atoms with E-state index in [1.54, 1.807) is 30.5 Å². The molecule has 0 atom stereocenters. The zero-order valence-electron chi connectivity index (χ0n) is 12.8. The summed E-state index contributed by atoms with van der Waals surface area (Å²) in [5, 5.41) is 9.82. The molecule has 0 unspecified atom stereocenters. The van der Waals surface area contributed by atoms with Crippen molar-refractivity contribution in [3.05, 3.63) is 35.5 Å². The standard InChI is InChI=1S/C16H19ClN4O2/c1-21(12-6-10(7-12)9-22)15-14(8-19-16(18)20-15)23-13-4-2-11(17)3-5-13/h2-5,8,10,12,22H,6-7,9H2,1H3,(H2,18,19,20). The number of aromatic nitrogens is 2. The van der Waals surface area contributed by atoms with Crippen molar-refractivity contribution in [3.8, 4) is 11.5 Å². The maximum Gasteiger partial charge on any atom is 0.222 e. The van der Waals surface area contributed by atoms with E-state index < -0.39 is 0 Å². The molecule has 6 nitrogen and oxygen atoms in total. The first-order valence-electron chi connectivity index (χ1n) is 7.46. The highest BCUT2D eigenvalue weighted by Crippen LogP contribution is 2.37. The molecule has 3 N–H and O–H groups in total. The highest BCUT2D eigenvalue weighted by Gasteiger charge is 2.33. The summed E-state index contributed by atoms with van der Waals surface area (Å²) in [5.41, 5.74) is 5.73. The van der Waals surface area contributed by atoms with Crippen LogP contribution in [0, 0.1) is 5.92 Å². The lowest BCUT2D eigenvalue weighted by atomic mass is 9.80. The molecule has 0 bridgehead atoms. The zero-order valence-corrected chi connectivity index (χ0v) is 13.6. The predicted octanol–water partition coefficient (Wildman–Crippen LogP) is 2.71. The predicted molar refractivity (Wildman–Crippen MR) is 90.0 cm³/mol. The van der Waals surface area contributed by atoms with Gasteiger partial charge in [0.1, 0.15) is 5.75 Å². The molecule has 1 heterocycles. The van der Waals surface area contributed by atoms with Gasteiger partial charge >= 0.3 is 0 Å². The Bertz CT molecular complexity index is 674. The van der Waals surface area contributed by atoms with Crippen molar-refractivity contribution in [1.82, 2.24) is 9.97 Å². The Hall–Kier alpha value is -2.05. The van der Waals surface area contributed by atoms with Gasteiger partial charge in [-0.1, -0.05) is 11.6 Å². The van der Waals surface area contributed by atoms with Gasteiger partial charge in [0, 0.05) is 24.7 Å². The Kier molecular flexibility index (Phi) is 4.54. The largest absolute Gasteiger partial charge is 0.452 e. The number of hydrogen-bond acceptors (Lipinski definition) is 6. The van der Waals surface area contributed by atoms with Crippen molar-refractivity contribution in [2.45, 2.75) is 18.9 Å². The summed E-state index contributed by atoms with van der Waals surface area (Å²) >= 11 is 5.89. The van der Waals surface area contributed by atoms with E-state index in [1.807, 2.05) is 11.9 Å². The van der Waals surface area contributed by atoms with Gasteiger partial charge in [-0.15, -0.1) is 0 Å². The maximum atomic E-state index is 9.17. The van der Waals surface area contributed by atoms with Gasteiger partial charge in [-0.05, 0) is 43.0 Å². The van der Waals surface area contributed by atoms with Crippen LogP contribution in [-0.2, 0) is 0 Å². The van der Waals surface area contributed by atoms with Crippen LogP contribution in [0.1, 0.15) is 12.8 Å². The van der Waals surface area contributed by atoms with Crippen LogP contribution in [0.2, 0.25) is 5.02 Å². The van der Waals surface area contributed by atoms with Crippen LogP contribution in [0.5, 0.6) is 11.5 Å². The van der Waals surface area contributed by atoms with E-state index in [4.69, 9.17) is 22.1 Å².